The van der Waals surface area contributed by atoms with E-state index in [1.54, 1.807) is 18.5 Å². The molecular weight excluding hydrogens is 473 g/mol. The number of pyridine rings is 1. The van der Waals surface area contributed by atoms with Gasteiger partial charge in [-0.3, -0.25) is 0 Å². The van der Waals surface area contributed by atoms with Crippen molar-refractivity contribution in [2.24, 2.45) is 0 Å². The molecular formula is C19H18IN5O3. The van der Waals surface area contributed by atoms with Gasteiger partial charge in [-0.05, 0) is 52.9 Å². The number of halogens is 1. The molecule has 2 heterocycles. The number of ether oxygens (including phenoxy) is 2. The average molecular weight is 491 g/mol. The minimum Gasteiger partial charge on any atom is -0.489 e. The first kappa shape index (κ1) is 18.7. The van der Waals surface area contributed by atoms with Crippen molar-refractivity contribution in [1.29, 1.82) is 0 Å². The summed E-state index contributed by atoms with van der Waals surface area (Å²) >= 11 is 2.15. The van der Waals surface area contributed by atoms with Gasteiger partial charge in [-0.15, -0.1) is 10.2 Å². The molecule has 3 aromatic rings. The maximum absolute atomic E-state index is 12.0. The Balaban J connectivity index is 1.47. The molecule has 0 amide bonds. The molecule has 0 spiro atoms. The predicted molar refractivity (Wildman–Crippen MR) is 111 cm³/mol. The molecule has 1 aliphatic carbocycles. The number of esters is 1. The molecule has 0 unspecified atom stereocenters. The van der Waals surface area contributed by atoms with Gasteiger partial charge in [0.2, 0.25) is 0 Å². The summed E-state index contributed by atoms with van der Waals surface area (Å²) in [6, 6.07) is 11.1. The highest BCUT2D eigenvalue weighted by molar-refractivity contribution is 14.1. The summed E-state index contributed by atoms with van der Waals surface area (Å²) in [4.78, 5) is 16.3. The Hall–Kier alpha value is -2.69. The summed E-state index contributed by atoms with van der Waals surface area (Å²) in [5, 5.41) is 8.22. The molecule has 28 heavy (non-hydrogen) atoms. The van der Waals surface area contributed by atoms with Gasteiger partial charge >= 0.3 is 5.97 Å². The quantitative estimate of drug-likeness (QED) is 0.432. The number of methoxy groups -OCH3 is 1. The first-order valence-corrected chi connectivity index (χ1v) is 9.80. The van der Waals surface area contributed by atoms with Crippen molar-refractivity contribution in [3.63, 3.8) is 0 Å². The Morgan fingerprint density at radius 2 is 2.11 bits per heavy atom. The highest BCUT2D eigenvalue weighted by atomic mass is 127. The minimum absolute atomic E-state index is 0.00230. The van der Waals surface area contributed by atoms with Crippen LogP contribution in [0.3, 0.4) is 0 Å². The third kappa shape index (κ3) is 3.66. The minimum atomic E-state index is -0.404. The van der Waals surface area contributed by atoms with E-state index in [4.69, 9.17) is 15.2 Å². The molecule has 1 aromatic carbocycles. The van der Waals surface area contributed by atoms with Gasteiger partial charge in [0.05, 0.1) is 7.11 Å². The van der Waals surface area contributed by atoms with E-state index < -0.39 is 5.97 Å². The zero-order valence-corrected chi connectivity index (χ0v) is 17.2. The van der Waals surface area contributed by atoms with Crippen LogP contribution in [0.4, 0.5) is 5.82 Å². The zero-order chi connectivity index (χ0) is 19.7. The van der Waals surface area contributed by atoms with Crippen molar-refractivity contribution in [3.8, 4) is 17.3 Å². The van der Waals surface area contributed by atoms with Crippen LogP contribution in [-0.2, 0) is 4.74 Å². The van der Waals surface area contributed by atoms with Crippen LogP contribution in [0.25, 0.3) is 11.5 Å². The SMILES string of the molecule is COC(=O)c1cc(I)ccc1O[C@H]1C[C@@H](n2cnnc2-c2cccc(N)n2)C1. The fraction of sp³-hybridized carbons (Fsp3) is 0.263. The van der Waals surface area contributed by atoms with Crippen LogP contribution < -0.4 is 10.5 Å². The van der Waals surface area contributed by atoms with Gasteiger partial charge in [0.1, 0.15) is 35.3 Å². The highest BCUT2D eigenvalue weighted by Gasteiger charge is 2.35. The molecule has 2 N–H and O–H groups in total. The number of nitrogen functional groups attached to an aromatic ring is 1. The van der Waals surface area contributed by atoms with E-state index in [9.17, 15) is 4.79 Å². The summed E-state index contributed by atoms with van der Waals surface area (Å²) < 4.78 is 13.9. The molecule has 1 aliphatic rings. The molecule has 1 fully saturated rings. The van der Waals surface area contributed by atoms with Gasteiger partial charge in [-0.25, -0.2) is 9.78 Å². The number of carbonyl (C=O) groups is 1. The maximum atomic E-state index is 12.0. The average Bonchev–Trinajstić information content (AvgIpc) is 3.13. The molecule has 0 aliphatic heterocycles. The van der Waals surface area contributed by atoms with E-state index in [-0.39, 0.29) is 12.1 Å². The molecule has 0 atom stereocenters. The third-order valence-corrected chi connectivity index (χ3v) is 5.35. The van der Waals surface area contributed by atoms with Crippen molar-refractivity contribution in [1.82, 2.24) is 19.7 Å². The molecule has 1 saturated carbocycles. The Labute approximate surface area is 175 Å². The van der Waals surface area contributed by atoms with E-state index in [1.165, 1.54) is 7.11 Å². The Bertz CT molecular complexity index is 1020. The van der Waals surface area contributed by atoms with Crippen molar-refractivity contribution in [3.05, 3.63) is 51.9 Å². The smallest absolute Gasteiger partial charge is 0.341 e. The van der Waals surface area contributed by atoms with Crippen molar-refractivity contribution < 1.29 is 14.3 Å². The number of nitrogens with two attached hydrogens (primary N) is 1. The van der Waals surface area contributed by atoms with Crippen LogP contribution in [0.2, 0.25) is 0 Å². The topological polar surface area (TPSA) is 105 Å². The fourth-order valence-electron chi connectivity index (χ4n) is 3.18. The van der Waals surface area contributed by atoms with E-state index >= 15 is 0 Å². The number of carbonyl (C=O) groups excluding carboxylic acids is 1. The van der Waals surface area contributed by atoms with E-state index in [0.717, 1.165) is 16.4 Å². The molecule has 9 heteroatoms. The van der Waals surface area contributed by atoms with Gasteiger partial charge in [0, 0.05) is 22.5 Å². The monoisotopic (exact) mass is 491 g/mol. The van der Waals surface area contributed by atoms with E-state index in [0.29, 0.717) is 28.6 Å². The largest absolute Gasteiger partial charge is 0.489 e. The van der Waals surface area contributed by atoms with Crippen LogP contribution in [0.15, 0.2) is 42.7 Å². The summed E-state index contributed by atoms with van der Waals surface area (Å²) in [5.74, 6) is 1.26. The predicted octanol–water partition coefficient (Wildman–Crippen LogP) is 3.10. The molecule has 0 saturated heterocycles. The molecule has 4 rings (SSSR count). The lowest BCUT2D eigenvalue weighted by Crippen LogP contribution is -2.36. The van der Waals surface area contributed by atoms with Gasteiger partial charge in [0.15, 0.2) is 5.82 Å². The van der Waals surface area contributed by atoms with Crippen LogP contribution in [0.1, 0.15) is 29.2 Å². The summed E-state index contributed by atoms with van der Waals surface area (Å²) in [5.41, 5.74) is 6.90. The Kier molecular flexibility index (Phi) is 5.16. The number of hydrogen-bond donors (Lipinski definition) is 1. The second kappa shape index (κ2) is 7.74. The molecule has 0 bridgehead atoms. The number of hydrogen-bond acceptors (Lipinski definition) is 7. The standard InChI is InChI=1S/C19H18IN5O3/c1-27-19(26)14-7-11(20)5-6-16(14)28-13-8-12(9-13)25-10-22-24-18(25)15-3-2-4-17(21)23-15/h2-7,10,12-13H,8-9H2,1H3,(H2,21,23)/t12-,13+. The van der Waals surface area contributed by atoms with Crippen molar-refractivity contribution in [2.75, 3.05) is 12.8 Å². The first-order chi connectivity index (χ1) is 13.5. The summed E-state index contributed by atoms with van der Waals surface area (Å²) in [7, 11) is 1.36. The Morgan fingerprint density at radius 1 is 1.29 bits per heavy atom. The normalized spacial score (nSPS) is 18.4. The summed E-state index contributed by atoms with van der Waals surface area (Å²) in [6.45, 7) is 0. The van der Waals surface area contributed by atoms with Crippen LogP contribution in [0.5, 0.6) is 5.75 Å². The lowest BCUT2D eigenvalue weighted by atomic mass is 9.88. The lowest BCUT2D eigenvalue weighted by molar-refractivity contribution is 0.0552. The van der Waals surface area contributed by atoms with Crippen molar-refractivity contribution in [2.45, 2.75) is 25.0 Å². The van der Waals surface area contributed by atoms with E-state index in [1.807, 2.05) is 28.8 Å². The van der Waals surface area contributed by atoms with Crippen LogP contribution >= 0.6 is 22.6 Å². The zero-order valence-electron chi connectivity index (χ0n) is 15.1. The first-order valence-electron chi connectivity index (χ1n) is 8.72. The summed E-state index contributed by atoms with van der Waals surface area (Å²) in [6.07, 6.45) is 3.25. The molecule has 144 valence electrons. The molecule has 2 aromatic heterocycles. The Morgan fingerprint density at radius 3 is 2.86 bits per heavy atom. The third-order valence-electron chi connectivity index (χ3n) is 4.68. The van der Waals surface area contributed by atoms with Gasteiger partial charge in [-0.1, -0.05) is 6.07 Å². The van der Waals surface area contributed by atoms with Gasteiger partial charge in [-0.2, -0.15) is 0 Å². The molecule has 8 nitrogen and oxygen atoms in total. The van der Waals surface area contributed by atoms with E-state index in [2.05, 4.69) is 37.8 Å². The number of anilines is 1. The second-order valence-electron chi connectivity index (χ2n) is 6.51. The molecule has 0 radical (unpaired) electrons. The fourth-order valence-corrected chi connectivity index (χ4v) is 3.68. The second-order valence-corrected chi connectivity index (χ2v) is 7.75. The highest BCUT2D eigenvalue weighted by Crippen LogP contribution is 2.38. The lowest BCUT2D eigenvalue weighted by Gasteiger charge is -2.36. The van der Waals surface area contributed by atoms with Gasteiger partial charge < -0.3 is 19.8 Å². The number of nitrogens with zero attached hydrogens (tertiary/aromatic N) is 4. The maximum Gasteiger partial charge on any atom is 0.341 e. The number of aromatic nitrogens is 4. The van der Waals surface area contributed by atoms with Crippen molar-refractivity contribution >= 4 is 34.4 Å². The van der Waals surface area contributed by atoms with Gasteiger partial charge in [0.25, 0.3) is 0 Å². The van der Waals surface area contributed by atoms with Crippen LogP contribution in [0, 0.1) is 3.57 Å². The van der Waals surface area contributed by atoms with Crippen LogP contribution in [-0.4, -0.2) is 38.9 Å². The number of rotatable bonds is 5. The number of benzene rings is 1.